The molecule has 1 aromatic carbocycles. The molecule has 7 heteroatoms. The van der Waals surface area contributed by atoms with Crippen LogP contribution in [0.1, 0.15) is 40.5 Å². The van der Waals surface area contributed by atoms with Crippen molar-refractivity contribution < 1.29 is 14.3 Å². The van der Waals surface area contributed by atoms with Crippen LogP contribution in [0.4, 0.5) is 11.5 Å². The number of para-hydroxylation sites is 1. The normalized spacial score (nSPS) is 10.4. The average Bonchev–Trinajstić information content (AvgIpc) is 2.59. The molecule has 2 N–H and O–H groups in total. The number of carbonyl (C=O) groups excluding carboxylic acids is 2. The van der Waals surface area contributed by atoms with Gasteiger partial charge in [-0.15, -0.1) is 0 Å². The molecule has 0 spiro atoms. The summed E-state index contributed by atoms with van der Waals surface area (Å²) in [6.07, 6.45) is 0. The lowest BCUT2D eigenvalue weighted by atomic mass is 10.2. The molecule has 1 aromatic heterocycles. The van der Waals surface area contributed by atoms with Gasteiger partial charge in [-0.3, -0.25) is 4.79 Å². The zero-order chi connectivity index (χ0) is 18.4. The molecule has 0 fully saturated rings. The van der Waals surface area contributed by atoms with Crippen LogP contribution in [0.2, 0.25) is 0 Å². The summed E-state index contributed by atoms with van der Waals surface area (Å²) in [5.74, 6) is 0.512. The Kier molecular flexibility index (Phi) is 6.05. The highest BCUT2D eigenvalue weighted by Crippen LogP contribution is 2.21. The molecule has 0 bridgehead atoms. The first-order valence-electron chi connectivity index (χ1n) is 7.99. The molecule has 0 radical (unpaired) electrons. The molecule has 0 saturated heterocycles. The molecule has 0 aliphatic carbocycles. The van der Waals surface area contributed by atoms with Crippen molar-refractivity contribution in [1.29, 1.82) is 0 Å². The van der Waals surface area contributed by atoms with Gasteiger partial charge in [-0.1, -0.05) is 26.0 Å². The van der Waals surface area contributed by atoms with Gasteiger partial charge in [-0.25, -0.2) is 14.8 Å². The van der Waals surface area contributed by atoms with Crippen LogP contribution in [0, 0.1) is 12.8 Å². The van der Waals surface area contributed by atoms with Crippen molar-refractivity contribution in [2.75, 3.05) is 19.0 Å². The van der Waals surface area contributed by atoms with E-state index in [4.69, 9.17) is 4.74 Å². The summed E-state index contributed by atoms with van der Waals surface area (Å²) in [6, 6.07) is 8.48. The van der Waals surface area contributed by atoms with Crippen LogP contribution in [0.15, 0.2) is 30.3 Å². The zero-order valence-electron chi connectivity index (χ0n) is 14.8. The third kappa shape index (κ3) is 5.00. The van der Waals surface area contributed by atoms with Crippen molar-refractivity contribution >= 4 is 23.4 Å². The number of amides is 1. The lowest BCUT2D eigenvalue weighted by Gasteiger charge is -2.12. The van der Waals surface area contributed by atoms with Gasteiger partial charge in [0.25, 0.3) is 5.91 Å². The van der Waals surface area contributed by atoms with E-state index < -0.39 is 5.97 Å². The summed E-state index contributed by atoms with van der Waals surface area (Å²) in [4.78, 5) is 32.5. The van der Waals surface area contributed by atoms with Crippen LogP contribution in [0.5, 0.6) is 0 Å². The lowest BCUT2D eigenvalue weighted by molar-refractivity contribution is 0.0601. The molecule has 7 nitrogen and oxygen atoms in total. The van der Waals surface area contributed by atoms with Crippen molar-refractivity contribution in [2.45, 2.75) is 20.8 Å². The van der Waals surface area contributed by atoms with Gasteiger partial charge in [0, 0.05) is 12.6 Å². The van der Waals surface area contributed by atoms with Gasteiger partial charge in [0.1, 0.15) is 17.3 Å². The first-order chi connectivity index (χ1) is 11.9. The molecule has 1 amide bonds. The highest BCUT2D eigenvalue weighted by Gasteiger charge is 2.14. The van der Waals surface area contributed by atoms with Gasteiger partial charge < -0.3 is 15.4 Å². The van der Waals surface area contributed by atoms with Crippen molar-refractivity contribution in [1.82, 2.24) is 15.3 Å². The number of nitrogens with zero attached hydrogens (tertiary/aromatic N) is 2. The van der Waals surface area contributed by atoms with Crippen molar-refractivity contribution in [2.24, 2.45) is 5.92 Å². The molecule has 0 aliphatic rings. The maximum Gasteiger partial charge on any atom is 0.339 e. The Morgan fingerprint density at radius 1 is 1.20 bits per heavy atom. The van der Waals surface area contributed by atoms with Crippen molar-refractivity contribution in [3.05, 3.63) is 47.4 Å². The number of hydrogen-bond acceptors (Lipinski definition) is 6. The van der Waals surface area contributed by atoms with Crippen LogP contribution in [-0.4, -0.2) is 35.5 Å². The highest BCUT2D eigenvalue weighted by atomic mass is 16.5. The molecule has 132 valence electrons. The van der Waals surface area contributed by atoms with Crippen molar-refractivity contribution in [3.63, 3.8) is 0 Å². The first-order valence-corrected chi connectivity index (χ1v) is 7.99. The standard InChI is InChI=1S/C18H22N4O3/c1-11(2)10-19-17(23)15-9-16(21-12(3)20-15)22-14-8-6-5-7-13(14)18(24)25-4/h5-9,11H,10H2,1-4H3,(H,19,23)(H,20,21,22). The Morgan fingerprint density at radius 2 is 1.92 bits per heavy atom. The zero-order valence-corrected chi connectivity index (χ0v) is 14.8. The number of nitrogens with one attached hydrogen (secondary N) is 2. The lowest BCUT2D eigenvalue weighted by Crippen LogP contribution is -2.28. The van der Waals surface area contributed by atoms with E-state index in [0.717, 1.165) is 0 Å². The Morgan fingerprint density at radius 3 is 2.60 bits per heavy atom. The third-order valence-corrected chi connectivity index (χ3v) is 3.34. The Labute approximate surface area is 146 Å². The molecule has 25 heavy (non-hydrogen) atoms. The second-order valence-corrected chi connectivity index (χ2v) is 5.95. The van der Waals surface area contributed by atoms with E-state index >= 15 is 0 Å². The second kappa shape index (κ2) is 8.23. The number of benzene rings is 1. The maximum atomic E-state index is 12.2. The van der Waals surface area contributed by atoms with E-state index in [-0.39, 0.29) is 11.6 Å². The molecule has 0 aliphatic heterocycles. The van der Waals surface area contributed by atoms with Gasteiger partial charge in [0.2, 0.25) is 0 Å². The van der Waals surface area contributed by atoms with E-state index in [1.807, 2.05) is 13.8 Å². The summed E-state index contributed by atoms with van der Waals surface area (Å²) < 4.78 is 4.78. The Hall–Kier alpha value is -2.96. The monoisotopic (exact) mass is 342 g/mol. The highest BCUT2D eigenvalue weighted by molar-refractivity contribution is 5.97. The van der Waals surface area contributed by atoms with E-state index in [1.54, 1.807) is 37.3 Å². The van der Waals surface area contributed by atoms with E-state index in [0.29, 0.717) is 35.4 Å². The number of methoxy groups -OCH3 is 1. The quantitative estimate of drug-likeness (QED) is 0.784. The SMILES string of the molecule is COC(=O)c1ccccc1Nc1cc(C(=O)NCC(C)C)nc(C)n1. The number of carbonyl (C=O) groups is 2. The smallest absolute Gasteiger partial charge is 0.339 e. The van der Waals surface area contributed by atoms with Gasteiger partial charge in [0.05, 0.1) is 18.4 Å². The van der Waals surface area contributed by atoms with Crippen LogP contribution < -0.4 is 10.6 Å². The number of hydrogen-bond donors (Lipinski definition) is 2. The van der Waals surface area contributed by atoms with Gasteiger partial charge in [-0.05, 0) is 25.0 Å². The molecule has 0 saturated carbocycles. The predicted octanol–water partition coefficient (Wildman–Crippen LogP) is 2.70. The average molecular weight is 342 g/mol. The number of aromatic nitrogens is 2. The Balaban J connectivity index is 2.27. The third-order valence-electron chi connectivity index (χ3n) is 3.34. The van der Waals surface area contributed by atoms with E-state index in [1.165, 1.54) is 7.11 Å². The second-order valence-electron chi connectivity index (χ2n) is 5.95. The van der Waals surface area contributed by atoms with Crippen LogP contribution in [0.25, 0.3) is 0 Å². The summed E-state index contributed by atoms with van der Waals surface area (Å²) in [5.41, 5.74) is 1.19. The summed E-state index contributed by atoms with van der Waals surface area (Å²) >= 11 is 0. The topological polar surface area (TPSA) is 93.2 Å². The fourth-order valence-corrected chi connectivity index (χ4v) is 2.15. The summed E-state index contributed by atoms with van der Waals surface area (Å²) in [5, 5.41) is 5.88. The minimum Gasteiger partial charge on any atom is -0.465 e. The summed E-state index contributed by atoms with van der Waals surface area (Å²) in [7, 11) is 1.32. The molecule has 2 rings (SSSR count). The largest absolute Gasteiger partial charge is 0.465 e. The molecular formula is C18H22N4O3. The van der Waals surface area contributed by atoms with Crippen molar-refractivity contribution in [3.8, 4) is 0 Å². The van der Waals surface area contributed by atoms with E-state index in [2.05, 4.69) is 20.6 Å². The van der Waals surface area contributed by atoms with E-state index in [9.17, 15) is 9.59 Å². The molecule has 1 heterocycles. The fraction of sp³-hybridized carbons (Fsp3) is 0.333. The Bertz CT molecular complexity index is 775. The predicted molar refractivity (Wildman–Crippen MR) is 95.0 cm³/mol. The minimum absolute atomic E-state index is 0.261. The van der Waals surface area contributed by atoms with Crippen LogP contribution in [-0.2, 0) is 4.74 Å². The van der Waals surface area contributed by atoms with Gasteiger partial charge in [0.15, 0.2) is 0 Å². The van der Waals surface area contributed by atoms with Gasteiger partial charge >= 0.3 is 5.97 Å². The molecule has 2 aromatic rings. The number of esters is 1. The minimum atomic E-state index is -0.455. The number of ether oxygens (including phenoxy) is 1. The van der Waals surface area contributed by atoms with Crippen LogP contribution in [0.3, 0.4) is 0 Å². The van der Waals surface area contributed by atoms with Crippen LogP contribution >= 0.6 is 0 Å². The maximum absolute atomic E-state index is 12.2. The molecule has 0 atom stereocenters. The number of rotatable bonds is 6. The summed E-state index contributed by atoms with van der Waals surface area (Å²) in [6.45, 7) is 6.30. The number of anilines is 2. The molecule has 0 unspecified atom stereocenters. The first kappa shape index (κ1) is 18.4. The molecular weight excluding hydrogens is 320 g/mol. The number of aryl methyl sites for hydroxylation is 1. The van der Waals surface area contributed by atoms with Gasteiger partial charge in [-0.2, -0.15) is 0 Å². The fourth-order valence-electron chi connectivity index (χ4n) is 2.15.